The largest absolute Gasteiger partial charge is 0.381 e. The number of nitrogens with one attached hydrogen (secondary N) is 1. The van der Waals surface area contributed by atoms with E-state index in [2.05, 4.69) is 5.32 Å². The van der Waals surface area contributed by atoms with E-state index in [1.54, 1.807) is 0 Å². The quantitative estimate of drug-likeness (QED) is 0.845. The van der Waals surface area contributed by atoms with Gasteiger partial charge in [0.25, 0.3) is 0 Å². The van der Waals surface area contributed by atoms with Crippen molar-refractivity contribution in [2.24, 2.45) is 11.8 Å². The molecule has 0 aromatic rings. The second-order valence-electron chi connectivity index (χ2n) is 5.24. The van der Waals surface area contributed by atoms with Crippen LogP contribution in [0.25, 0.3) is 0 Å². The highest BCUT2D eigenvalue weighted by Gasteiger charge is 2.29. The minimum atomic E-state index is 0. The zero-order chi connectivity index (χ0) is 12.1. The summed E-state index contributed by atoms with van der Waals surface area (Å²) in [6.45, 7) is 4.40. The number of halogens is 1. The van der Waals surface area contributed by atoms with Gasteiger partial charge in [-0.3, -0.25) is 4.79 Å². The van der Waals surface area contributed by atoms with E-state index < -0.39 is 0 Å². The average molecular weight is 277 g/mol. The molecule has 0 aromatic carbocycles. The molecule has 5 heteroatoms. The molecule has 0 bridgehead atoms. The van der Waals surface area contributed by atoms with Crippen LogP contribution < -0.4 is 5.32 Å². The normalized spacial score (nSPS) is 25.6. The Morgan fingerprint density at radius 3 is 2.61 bits per heavy atom. The Morgan fingerprint density at radius 2 is 2.06 bits per heavy atom. The van der Waals surface area contributed by atoms with E-state index in [0.717, 1.165) is 57.8 Å². The molecule has 106 valence electrons. The minimum Gasteiger partial charge on any atom is -0.381 e. The molecule has 2 saturated heterocycles. The molecule has 0 spiro atoms. The molecule has 0 radical (unpaired) electrons. The average Bonchev–Trinajstić information content (AvgIpc) is 2.40. The van der Waals surface area contributed by atoms with Gasteiger partial charge in [-0.25, -0.2) is 0 Å². The van der Waals surface area contributed by atoms with Crippen LogP contribution in [0.2, 0.25) is 0 Å². The van der Waals surface area contributed by atoms with Crippen molar-refractivity contribution in [3.05, 3.63) is 0 Å². The topological polar surface area (TPSA) is 41.6 Å². The highest BCUT2D eigenvalue weighted by Crippen LogP contribution is 2.21. The summed E-state index contributed by atoms with van der Waals surface area (Å²) in [5, 5.41) is 3.22. The first-order valence-corrected chi connectivity index (χ1v) is 6.82. The second-order valence-corrected chi connectivity index (χ2v) is 5.24. The Bertz CT molecular complexity index is 249. The fourth-order valence-electron chi connectivity index (χ4n) is 2.84. The summed E-state index contributed by atoms with van der Waals surface area (Å²) in [4.78, 5) is 14.3. The van der Waals surface area contributed by atoms with E-state index >= 15 is 0 Å². The van der Waals surface area contributed by atoms with Gasteiger partial charge < -0.3 is 15.0 Å². The SMILES string of the molecule is CNCC1CCN(C(=O)C2CCCOC2)CC1.Cl. The molecule has 0 saturated carbocycles. The number of hydrogen-bond acceptors (Lipinski definition) is 3. The number of piperidine rings is 1. The molecule has 2 aliphatic heterocycles. The molecule has 2 rings (SSSR count). The number of carbonyl (C=O) groups is 1. The van der Waals surface area contributed by atoms with E-state index in [-0.39, 0.29) is 18.3 Å². The van der Waals surface area contributed by atoms with Gasteiger partial charge in [-0.1, -0.05) is 0 Å². The summed E-state index contributed by atoms with van der Waals surface area (Å²) in [5.41, 5.74) is 0. The van der Waals surface area contributed by atoms with Crippen molar-refractivity contribution in [3.63, 3.8) is 0 Å². The molecule has 1 unspecified atom stereocenters. The van der Waals surface area contributed by atoms with E-state index in [1.807, 2.05) is 11.9 Å². The summed E-state index contributed by atoms with van der Waals surface area (Å²) in [6, 6.07) is 0. The van der Waals surface area contributed by atoms with Crippen molar-refractivity contribution in [2.75, 3.05) is 39.9 Å². The molecule has 0 aliphatic carbocycles. The molecule has 4 nitrogen and oxygen atoms in total. The van der Waals surface area contributed by atoms with Crippen molar-refractivity contribution in [3.8, 4) is 0 Å². The molecule has 2 fully saturated rings. The number of hydrogen-bond donors (Lipinski definition) is 1. The number of ether oxygens (including phenoxy) is 1. The van der Waals surface area contributed by atoms with Crippen LogP contribution in [0.3, 0.4) is 0 Å². The van der Waals surface area contributed by atoms with Gasteiger partial charge in [-0.05, 0) is 45.2 Å². The summed E-state index contributed by atoms with van der Waals surface area (Å²) >= 11 is 0. The van der Waals surface area contributed by atoms with E-state index in [0.29, 0.717) is 12.5 Å². The maximum atomic E-state index is 12.2. The van der Waals surface area contributed by atoms with Gasteiger partial charge in [-0.2, -0.15) is 0 Å². The molecule has 1 atom stereocenters. The van der Waals surface area contributed by atoms with Gasteiger partial charge >= 0.3 is 0 Å². The van der Waals surface area contributed by atoms with Gasteiger partial charge in [0, 0.05) is 19.7 Å². The summed E-state index contributed by atoms with van der Waals surface area (Å²) < 4.78 is 5.40. The van der Waals surface area contributed by atoms with Crippen LogP contribution in [0.15, 0.2) is 0 Å². The third-order valence-corrected chi connectivity index (χ3v) is 3.93. The van der Waals surface area contributed by atoms with Crippen LogP contribution in [0, 0.1) is 11.8 Å². The first-order chi connectivity index (χ1) is 8.31. The lowest BCUT2D eigenvalue weighted by Crippen LogP contribution is -2.44. The number of amides is 1. The van der Waals surface area contributed by atoms with Crippen molar-refractivity contribution in [1.29, 1.82) is 0 Å². The smallest absolute Gasteiger partial charge is 0.228 e. The number of likely N-dealkylation sites (tertiary alicyclic amines) is 1. The van der Waals surface area contributed by atoms with Crippen LogP contribution in [0.1, 0.15) is 25.7 Å². The number of rotatable bonds is 3. The number of nitrogens with zero attached hydrogens (tertiary/aromatic N) is 1. The van der Waals surface area contributed by atoms with Gasteiger partial charge in [0.2, 0.25) is 5.91 Å². The summed E-state index contributed by atoms with van der Waals surface area (Å²) in [7, 11) is 2.00. The van der Waals surface area contributed by atoms with Gasteiger partial charge in [-0.15, -0.1) is 12.4 Å². The van der Waals surface area contributed by atoms with Gasteiger partial charge in [0.15, 0.2) is 0 Å². The van der Waals surface area contributed by atoms with Crippen molar-refractivity contribution in [2.45, 2.75) is 25.7 Å². The Balaban J connectivity index is 0.00000162. The maximum Gasteiger partial charge on any atom is 0.228 e. The fourth-order valence-corrected chi connectivity index (χ4v) is 2.84. The Hall–Kier alpha value is -0.320. The van der Waals surface area contributed by atoms with Crippen LogP contribution in [-0.4, -0.2) is 50.7 Å². The van der Waals surface area contributed by atoms with E-state index in [9.17, 15) is 4.79 Å². The molecule has 0 aromatic heterocycles. The molecule has 2 heterocycles. The Kier molecular flexibility index (Phi) is 6.97. The summed E-state index contributed by atoms with van der Waals surface area (Å²) in [5.74, 6) is 1.20. The van der Waals surface area contributed by atoms with Gasteiger partial charge in [0.1, 0.15) is 0 Å². The lowest BCUT2D eigenvalue weighted by atomic mass is 9.94. The third-order valence-electron chi connectivity index (χ3n) is 3.93. The van der Waals surface area contributed by atoms with Crippen molar-refractivity contribution in [1.82, 2.24) is 10.2 Å². The zero-order valence-electron chi connectivity index (χ0n) is 11.2. The van der Waals surface area contributed by atoms with Crippen LogP contribution in [0.5, 0.6) is 0 Å². The Labute approximate surface area is 116 Å². The lowest BCUT2D eigenvalue weighted by Gasteiger charge is -2.35. The van der Waals surface area contributed by atoms with Crippen LogP contribution >= 0.6 is 12.4 Å². The van der Waals surface area contributed by atoms with Crippen LogP contribution in [0.4, 0.5) is 0 Å². The zero-order valence-corrected chi connectivity index (χ0v) is 12.0. The first-order valence-electron chi connectivity index (χ1n) is 6.82. The van der Waals surface area contributed by atoms with E-state index in [1.165, 1.54) is 0 Å². The monoisotopic (exact) mass is 276 g/mol. The summed E-state index contributed by atoms with van der Waals surface area (Å²) in [6.07, 6.45) is 4.32. The maximum absolute atomic E-state index is 12.2. The molecule has 1 N–H and O–H groups in total. The molecular formula is C13H25ClN2O2. The van der Waals surface area contributed by atoms with E-state index in [4.69, 9.17) is 4.74 Å². The first kappa shape index (κ1) is 15.7. The predicted octanol–water partition coefficient (Wildman–Crippen LogP) is 1.29. The molecular weight excluding hydrogens is 252 g/mol. The fraction of sp³-hybridized carbons (Fsp3) is 0.923. The minimum absolute atomic E-state index is 0. The van der Waals surface area contributed by atoms with Gasteiger partial charge in [0.05, 0.1) is 12.5 Å². The molecule has 18 heavy (non-hydrogen) atoms. The number of carbonyl (C=O) groups excluding carboxylic acids is 1. The standard InChI is InChI=1S/C13H24N2O2.ClH/c1-14-9-11-4-6-15(7-5-11)13(16)12-3-2-8-17-10-12;/h11-12,14H,2-10H2,1H3;1H. The third kappa shape index (κ3) is 4.11. The van der Waals surface area contributed by atoms with Crippen LogP contribution in [-0.2, 0) is 9.53 Å². The van der Waals surface area contributed by atoms with Crippen molar-refractivity contribution >= 4 is 18.3 Å². The van der Waals surface area contributed by atoms with Crippen molar-refractivity contribution < 1.29 is 9.53 Å². The predicted molar refractivity (Wildman–Crippen MR) is 74.0 cm³/mol. The lowest BCUT2D eigenvalue weighted by molar-refractivity contribution is -0.141. The highest BCUT2D eigenvalue weighted by atomic mass is 35.5. The highest BCUT2D eigenvalue weighted by molar-refractivity contribution is 5.85. The molecule has 1 amide bonds. The molecule has 2 aliphatic rings. The Morgan fingerprint density at radius 1 is 1.33 bits per heavy atom. The second kappa shape index (κ2) is 7.97.